The first kappa shape index (κ1) is 21.7. The van der Waals surface area contributed by atoms with Gasteiger partial charge >= 0.3 is 0 Å². The SMILES string of the molecule is CC(C)[C@@H](C)C=C[C@@H](C)[C@H]1CC[C@H]2C3=CC[C@@H]4C[C@H](O)CC[C@]4(C)[C@H]3CC[C@]12C. The van der Waals surface area contributed by atoms with Crippen molar-refractivity contribution in [2.45, 2.75) is 99.0 Å². The second kappa shape index (κ2) is 7.85. The molecule has 0 spiro atoms. The fourth-order valence-electron chi connectivity index (χ4n) is 8.10. The molecule has 0 saturated heterocycles. The highest BCUT2D eigenvalue weighted by atomic mass is 16.3. The summed E-state index contributed by atoms with van der Waals surface area (Å²) in [5, 5.41) is 10.2. The van der Waals surface area contributed by atoms with Gasteiger partial charge in [-0.3, -0.25) is 0 Å². The van der Waals surface area contributed by atoms with E-state index in [1.54, 1.807) is 0 Å². The quantitative estimate of drug-likeness (QED) is 0.489. The van der Waals surface area contributed by atoms with E-state index >= 15 is 0 Å². The minimum absolute atomic E-state index is 0.0476. The van der Waals surface area contributed by atoms with Crippen molar-refractivity contribution >= 4 is 0 Å². The van der Waals surface area contributed by atoms with Crippen LogP contribution in [0.15, 0.2) is 23.8 Å². The highest BCUT2D eigenvalue weighted by Crippen LogP contribution is 2.66. The van der Waals surface area contributed by atoms with Crippen molar-refractivity contribution in [2.24, 2.45) is 52.3 Å². The lowest BCUT2D eigenvalue weighted by Gasteiger charge is -2.57. The molecule has 1 heteroatoms. The molecule has 164 valence electrons. The Labute approximate surface area is 180 Å². The molecule has 29 heavy (non-hydrogen) atoms. The van der Waals surface area contributed by atoms with Crippen LogP contribution in [0.25, 0.3) is 0 Å². The largest absolute Gasteiger partial charge is 0.393 e. The summed E-state index contributed by atoms with van der Waals surface area (Å²) in [5.74, 6) is 5.25. The Kier molecular flexibility index (Phi) is 5.86. The Bertz CT molecular complexity index is 659. The highest BCUT2D eigenvalue weighted by molar-refractivity contribution is 5.28. The van der Waals surface area contributed by atoms with Crippen LogP contribution in [0.5, 0.6) is 0 Å². The molecular weight excluding hydrogens is 352 g/mol. The number of aliphatic hydroxyl groups is 1. The standard InChI is InChI=1S/C28H46O/c1-18(2)19(3)7-8-20(4)24-11-12-25-23-10-9-21-17-22(29)13-15-27(21,5)26(23)14-16-28(24,25)6/h7-8,10,18-22,24-26,29H,9,11-17H2,1-6H3/t19-,20+,21+,22+,24+,25-,26-,27-,28+/m0/s1. The first-order valence-corrected chi connectivity index (χ1v) is 12.7. The van der Waals surface area contributed by atoms with E-state index in [0.29, 0.717) is 28.6 Å². The molecule has 3 fully saturated rings. The Morgan fingerprint density at radius 3 is 2.34 bits per heavy atom. The Hall–Kier alpha value is -0.560. The molecule has 4 rings (SSSR count). The van der Waals surface area contributed by atoms with E-state index in [0.717, 1.165) is 36.5 Å². The van der Waals surface area contributed by atoms with Gasteiger partial charge in [-0.25, -0.2) is 0 Å². The maximum absolute atomic E-state index is 10.2. The number of rotatable bonds is 4. The minimum atomic E-state index is -0.0476. The molecule has 0 amide bonds. The monoisotopic (exact) mass is 398 g/mol. The number of hydrogen-bond acceptors (Lipinski definition) is 1. The van der Waals surface area contributed by atoms with Crippen molar-refractivity contribution in [1.82, 2.24) is 0 Å². The molecule has 0 aromatic carbocycles. The van der Waals surface area contributed by atoms with Crippen molar-refractivity contribution in [2.75, 3.05) is 0 Å². The third kappa shape index (κ3) is 3.58. The summed E-state index contributed by atoms with van der Waals surface area (Å²) in [6, 6.07) is 0. The lowest BCUT2D eigenvalue weighted by molar-refractivity contribution is -0.0414. The first-order valence-electron chi connectivity index (χ1n) is 12.7. The Morgan fingerprint density at radius 1 is 0.931 bits per heavy atom. The molecule has 0 unspecified atom stereocenters. The second-order valence-corrected chi connectivity index (χ2v) is 12.3. The maximum atomic E-state index is 10.2. The zero-order valence-corrected chi connectivity index (χ0v) is 20.0. The molecule has 4 aliphatic rings. The molecule has 0 aromatic rings. The molecule has 0 radical (unpaired) electrons. The molecule has 0 heterocycles. The van der Waals surface area contributed by atoms with Crippen molar-refractivity contribution in [3.63, 3.8) is 0 Å². The summed E-state index contributed by atoms with van der Waals surface area (Å²) in [6.45, 7) is 14.7. The summed E-state index contributed by atoms with van der Waals surface area (Å²) in [4.78, 5) is 0. The summed E-state index contributed by atoms with van der Waals surface area (Å²) < 4.78 is 0. The maximum Gasteiger partial charge on any atom is 0.0543 e. The van der Waals surface area contributed by atoms with E-state index in [4.69, 9.17) is 0 Å². The lowest BCUT2D eigenvalue weighted by Crippen LogP contribution is -2.49. The summed E-state index contributed by atoms with van der Waals surface area (Å²) in [6.07, 6.45) is 17.8. The van der Waals surface area contributed by atoms with Gasteiger partial charge in [-0.2, -0.15) is 0 Å². The number of fused-ring (bicyclic) bond motifs is 5. The summed E-state index contributed by atoms with van der Waals surface area (Å²) >= 11 is 0. The van der Waals surface area contributed by atoms with Crippen LogP contribution in [0.1, 0.15) is 92.9 Å². The number of hydrogen-bond donors (Lipinski definition) is 1. The number of aliphatic hydroxyl groups excluding tert-OH is 1. The van der Waals surface area contributed by atoms with Crippen molar-refractivity contribution in [3.8, 4) is 0 Å². The van der Waals surface area contributed by atoms with E-state index < -0.39 is 0 Å². The predicted octanol–water partition coefficient (Wildman–Crippen LogP) is 7.41. The van der Waals surface area contributed by atoms with Gasteiger partial charge in [0.25, 0.3) is 0 Å². The average molecular weight is 399 g/mol. The van der Waals surface area contributed by atoms with Gasteiger partial charge in [-0.15, -0.1) is 0 Å². The summed E-state index contributed by atoms with van der Waals surface area (Å²) in [5.41, 5.74) is 2.79. The van der Waals surface area contributed by atoms with Crippen LogP contribution in [0, 0.1) is 52.3 Å². The van der Waals surface area contributed by atoms with E-state index in [1.807, 2.05) is 5.57 Å². The fraction of sp³-hybridized carbons (Fsp3) is 0.857. The zero-order valence-electron chi connectivity index (χ0n) is 20.0. The summed E-state index contributed by atoms with van der Waals surface area (Å²) in [7, 11) is 0. The normalized spacial score (nSPS) is 46.8. The van der Waals surface area contributed by atoms with Crippen molar-refractivity contribution < 1.29 is 5.11 Å². The molecule has 1 N–H and O–H groups in total. The van der Waals surface area contributed by atoms with E-state index in [2.05, 4.69) is 59.8 Å². The van der Waals surface area contributed by atoms with Gasteiger partial charge in [0.15, 0.2) is 0 Å². The van der Waals surface area contributed by atoms with Crippen LogP contribution in [0.4, 0.5) is 0 Å². The van der Waals surface area contributed by atoms with Crippen LogP contribution < -0.4 is 0 Å². The Morgan fingerprint density at radius 2 is 1.62 bits per heavy atom. The van der Waals surface area contributed by atoms with Gasteiger partial charge < -0.3 is 5.11 Å². The van der Waals surface area contributed by atoms with Crippen LogP contribution in [-0.4, -0.2) is 11.2 Å². The molecule has 0 aromatic heterocycles. The highest BCUT2D eigenvalue weighted by Gasteiger charge is 2.57. The third-order valence-electron chi connectivity index (χ3n) is 10.5. The van der Waals surface area contributed by atoms with Gasteiger partial charge in [0, 0.05) is 0 Å². The van der Waals surface area contributed by atoms with Gasteiger partial charge in [0.1, 0.15) is 0 Å². The Balaban J connectivity index is 1.54. The smallest absolute Gasteiger partial charge is 0.0543 e. The van der Waals surface area contributed by atoms with Crippen LogP contribution in [-0.2, 0) is 0 Å². The van der Waals surface area contributed by atoms with Crippen molar-refractivity contribution in [3.05, 3.63) is 23.8 Å². The van der Waals surface area contributed by atoms with Gasteiger partial charge in [-0.1, -0.05) is 65.3 Å². The molecule has 3 saturated carbocycles. The topological polar surface area (TPSA) is 20.2 Å². The molecule has 4 aliphatic carbocycles. The van der Waals surface area contributed by atoms with Gasteiger partial charge in [0.2, 0.25) is 0 Å². The van der Waals surface area contributed by atoms with Gasteiger partial charge in [0.05, 0.1) is 6.10 Å². The zero-order chi connectivity index (χ0) is 21.0. The molecule has 1 nitrogen and oxygen atoms in total. The van der Waals surface area contributed by atoms with Crippen LogP contribution in [0.3, 0.4) is 0 Å². The second-order valence-electron chi connectivity index (χ2n) is 12.3. The molecule has 0 aliphatic heterocycles. The lowest BCUT2D eigenvalue weighted by atomic mass is 9.47. The minimum Gasteiger partial charge on any atom is -0.393 e. The number of allylic oxidation sites excluding steroid dienone is 4. The first-order chi connectivity index (χ1) is 13.7. The van der Waals surface area contributed by atoms with Crippen LogP contribution in [0.2, 0.25) is 0 Å². The molecule has 0 bridgehead atoms. The van der Waals surface area contributed by atoms with E-state index in [9.17, 15) is 5.11 Å². The van der Waals surface area contributed by atoms with Gasteiger partial charge in [-0.05, 0) is 104 Å². The molecule has 9 atom stereocenters. The van der Waals surface area contributed by atoms with E-state index in [1.165, 1.54) is 38.5 Å². The predicted molar refractivity (Wildman–Crippen MR) is 124 cm³/mol. The third-order valence-corrected chi connectivity index (χ3v) is 10.5. The average Bonchev–Trinajstić information content (AvgIpc) is 3.03. The van der Waals surface area contributed by atoms with Crippen molar-refractivity contribution in [1.29, 1.82) is 0 Å². The van der Waals surface area contributed by atoms with Crippen LogP contribution >= 0.6 is 0 Å². The van der Waals surface area contributed by atoms with E-state index in [-0.39, 0.29) is 6.10 Å². The molecular formula is C28H46O. The fourth-order valence-corrected chi connectivity index (χ4v) is 8.10.